The molecule has 0 aromatic heterocycles. The van der Waals surface area contributed by atoms with Crippen LogP contribution in [0.3, 0.4) is 0 Å². The van der Waals surface area contributed by atoms with Gasteiger partial charge in [0, 0.05) is 18.8 Å². The fraction of sp³-hybridized carbons (Fsp3) is 0.308. The molecule has 0 aliphatic carbocycles. The molecule has 5 nitrogen and oxygen atoms in total. The van der Waals surface area contributed by atoms with Gasteiger partial charge < -0.3 is 10.0 Å². The summed E-state index contributed by atoms with van der Waals surface area (Å²) in [6, 6.07) is 14.5. The van der Waals surface area contributed by atoms with E-state index in [4.69, 9.17) is 0 Å². The van der Waals surface area contributed by atoms with Crippen LogP contribution < -0.4 is 9.62 Å². The first-order chi connectivity index (χ1) is 15.2. The Morgan fingerprint density at radius 1 is 0.875 bits per heavy atom. The number of phenols is 1. The van der Waals surface area contributed by atoms with Crippen LogP contribution in [0.25, 0.3) is 11.1 Å². The van der Waals surface area contributed by atoms with Crippen LogP contribution in [0.2, 0.25) is 0 Å². The maximum absolute atomic E-state index is 13.4. The molecule has 6 heteroatoms. The number of benzene rings is 3. The van der Waals surface area contributed by atoms with Gasteiger partial charge in [0.05, 0.1) is 5.69 Å². The summed E-state index contributed by atoms with van der Waals surface area (Å²) < 4.78 is 29.6. The zero-order valence-corrected chi connectivity index (χ0v) is 19.9. The molecule has 4 rings (SSSR count). The Morgan fingerprint density at radius 3 is 2.25 bits per heavy atom. The molecule has 168 valence electrons. The first kappa shape index (κ1) is 22.2. The molecule has 0 unspecified atom stereocenters. The molecule has 0 atom stereocenters. The van der Waals surface area contributed by atoms with Crippen LogP contribution >= 0.6 is 0 Å². The summed E-state index contributed by atoms with van der Waals surface area (Å²) in [5, 5.41) is 10.4. The van der Waals surface area contributed by atoms with E-state index in [1.165, 1.54) is 6.07 Å². The van der Waals surface area contributed by atoms with Crippen molar-refractivity contribution < 1.29 is 13.5 Å². The maximum Gasteiger partial charge on any atom is 0.265 e. The molecular weight excluding hydrogens is 420 g/mol. The first-order valence-corrected chi connectivity index (χ1v) is 12.4. The zero-order chi connectivity index (χ0) is 23.0. The van der Waals surface area contributed by atoms with Gasteiger partial charge in [0.25, 0.3) is 10.0 Å². The molecule has 0 bridgehead atoms. The molecule has 3 aromatic rings. The Kier molecular flexibility index (Phi) is 5.91. The second-order valence-electron chi connectivity index (χ2n) is 8.66. The lowest BCUT2D eigenvalue weighted by Gasteiger charge is -2.26. The summed E-state index contributed by atoms with van der Waals surface area (Å²) in [7, 11) is -4.00. The number of rotatable bonds is 5. The minimum absolute atomic E-state index is 0.125. The SMILES string of the molecule is Cc1ccccc1-c1ccc(O)c(S(=O)(=O)Nc2c(C)cc(C)c(N3CCCC3)c2C)c1. The highest BCUT2D eigenvalue weighted by Gasteiger charge is 2.25. The summed E-state index contributed by atoms with van der Waals surface area (Å²) in [5.41, 5.74) is 7.33. The molecule has 2 N–H and O–H groups in total. The minimum atomic E-state index is -4.00. The van der Waals surface area contributed by atoms with Crippen LogP contribution in [-0.4, -0.2) is 26.6 Å². The van der Waals surface area contributed by atoms with Gasteiger partial charge in [0.15, 0.2) is 0 Å². The Balaban J connectivity index is 1.77. The fourth-order valence-corrected chi connectivity index (χ4v) is 6.06. The van der Waals surface area contributed by atoms with E-state index in [-0.39, 0.29) is 10.6 Å². The van der Waals surface area contributed by atoms with Crippen molar-refractivity contribution in [3.8, 4) is 16.9 Å². The van der Waals surface area contributed by atoms with Gasteiger partial charge in [0.2, 0.25) is 0 Å². The Bertz CT molecular complexity index is 1280. The van der Waals surface area contributed by atoms with E-state index >= 15 is 0 Å². The van der Waals surface area contributed by atoms with Crippen molar-refractivity contribution in [2.24, 2.45) is 0 Å². The molecule has 0 saturated carbocycles. The topological polar surface area (TPSA) is 69.6 Å². The zero-order valence-electron chi connectivity index (χ0n) is 19.1. The highest BCUT2D eigenvalue weighted by Crippen LogP contribution is 2.38. The molecule has 0 radical (unpaired) electrons. The van der Waals surface area contributed by atoms with Crippen molar-refractivity contribution in [3.63, 3.8) is 0 Å². The maximum atomic E-state index is 13.4. The lowest BCUT2D eigenvalue weighted by molar-refractivity contribution is 0.459. The quantitative estimate of drug-likeness (QED) is 0.524. The van der Waals surface area contributed by atoms with Crippen molar-refractivity contribution in [1.29, 1.82) is 0 Å². The van der Waals surface area contributed by atoms with Crippen LogP contribution in [0.5, 0.6) is 5.75 Å². The van der Waals surface area contributed by atoms with Gasteiger partial charge in [-0.25, -0.2) is 8.42 Å². The smallest absolute Gasteiger partial charge is 0.265 e. The van der Waals surface area contributed by atoms with Crippen molar-refractivity contribution in [3.05, 3.63) is 70.8 Å². The number of hydrogen-bond acceptors (Lipinski definition) is 4. The number of anilines is 2. The van der Waals surface area contributed by atoms with E-state index in [1.807, 2.05) is 51.1 Å². The number of sulfonamides is 1. The van der Waals surface area contributed by atoms with Crippen LogP contribution in [0.1, 0.15) is 35.1 Å². The third-order valence-corrected chi connectivity index (χ3v) is 7.67. The summed E-state index contributed by atoms with van der Waals surface area (Å²) in [6.07, 6.45) is 2.29. The molecule has 1 aliphatic heterocycles. The predicted octanol–water partition coefficient (Wildman–Crippen LogP) is 5.69. The van der Waals surface area contributed by atoms with Gasteiger partial charge in [-0.2, -0.15) is 0 Å². The van der Waals surface area contributed by atoms with E-state index in [2.05, 4.69) is 16.5 Å². The van der Waals surface area contributed by atoms with E-state index in [9.17, 15) is 13.5 Å². The standard InChI is InChI=1S/C26H30N2O3S/c1-17-9-5-6-10-22(17)21-11-12-23(29)24(16-21)32(30,31)27-25-18(2)15-19(3)26(20(25)4)28-13-7-8-14-28/h5-6,9-12,15-16,27,29H,7-8,13-14H2,1-4H3. The summed E-state index contributed by atoms with van der Waals surface area (Å²) in [5.74, 6) is -0.267. The molecule has 1 aliphatic rings. The van der Waals surface area contributed by atoms with Gasteiger partial charge in [-0.05, 0) is 86.1 Å². The van der Waals surface area contributed by atoms with E-state index in [0.29, 0.717) is 5.69 Å². The van der Waals surface area contributed by atoms with Gasteiger partial charge in [0.1, 0.15) is 10.6 Å². The van der Waals surface area contributed by atoms with Crippen molar-refractivity contribution in [1.82, 2.24) is 0 Å². The van der Waals surface area contributed by atoms with Gasteiger partial charge in [-0.3, -0.25) is 4.72 Å². The van der Waals surface area contributed by atoms with Gasteiger partial charge in [-0.1, -0.05) is 36.4 Å². The molecule has 32 heavy (non-hydrogen) atoms. The number of aromatic hydroxyl groups is 1. The van der Waals surface area contributed by atoms with Gasteiger partial charge >= 0.3 is 0 Å². The highest BCUT2D eigenvalue weighted by molar-refractivity contribution is 7.92. The number of nitrogens with one attached hydrogen (secondary N) is 1. The monoisotopic (exact) mass is 450 g/mol. The lowest BCUT2D eigenvalue weighted by atomic mass is 10.0. The van der Waals surface area contributed by atoms with Crippen LogP contribution in [0.4, 0.5) is 11.4 Å². The Labute approximate surface area is 190 Å². The number of aryl methyl sites for hydroxylation is 3. The molecule has 0 amide bonds. The Morgan fingerprint density at radius 2 is 1.56 bits per heavy atom. The van der Waals surface area contributed by atoms with Crippen LogP contribution in [-0.2, 0) is 10.0 Å². The third-order valence-electron chi connectivity index (χ3n) is 6.30. The molecule has 1 heterocycles. The number of hydrogen-bond donors (Lipinski definition) is 2. The predicted molar refractivity (Wildman–Crippen MR) is 131 cm³/mol. The number of phenolic OH excluding ortho intramolecular Hbond substituents is 1. The van der Waals surface area contributed by atoms with Crippen LogP contribution in [0.15, 0.2) is 53.4 Å². The summed E-state index contributed by atoms with van der Waals surface area (Å²) in [4.78, 5) is 2.21. The largest absolute Gasteiger partial charge is 0.507 e. The fourth-order valence-electron chi connectivity index (χ4n) is 4.74. The second-order valence-corrected chi connectivity index (χ2v) is 10.3. The van der Waals surface area contributed by atoms with Crippen LogP contribution in [0, 0.1) is 27.7 Å². The van der Waals surface area contributed by atoms with Gasteiger partial charge in [-0.15, -0.1) is 0 Å². The lowest BCUT2D eigenvalue weighted by Crippen LogP contribution is -2.22. The molecular formula is C26H30N2O3S. The normalized spacial score (nSPS) is 14.1. The van der Waals surface area contributed by atoms with E-state index in [1.54, 1.807) is 12.1 Å². The van der Waals surface area contributed by atoms with Crippen molar-refractivity contribution in [2.75, 3.05) is 22.7 Å². The molecule has 3 aromatic carbocycles. The summed E-state index contributed by atoms with van der Waals surface area (Å²) in [6.45, 7) is 9.90. The van der Waals surface area contributed by atoms with Crippen molar-refractivity contribution >= 4 is 21.4 Å². The minimum Gasteiger partial charge on any atom is -0.507 e. The van der Waals surface area contributed by atoms with E-state index in [0.717, 1.165) is 65.0 Å². The average molecular weight is 451 g/mol. The number of nitrogens with zero attached hydrogens (tertiary/aromatic N) is 1. The first-order valence-electron chi connectivity index (χ1n) is 11.0. The highest BCUT2D eigenvalue weighted by atomic mass is 32.2. The molecule has 1 saturated heterocycles. The molecule has 1 fully saturated rings. The average Bonchev–Trinajstić information content (AvgIpc) is 3.26. The Hall–Kier alpha value is -2.99. The third kappa shape index (κ3) is 4.07. The second kappa shape index (κ2) is 8.51. The summed E-state index contributed by atoms with van der Waals surface area (Å²) >= 11 is 0. The van der Waals surface area contributed by atoms with E-state index < -0.39 is 10.0 Å². The molecule has 0 spiro atoms. The van der Waals surface area contributed by atoms with Crippen molar-refractivity contribution in [2.45, 2.75) is 45.4 Å².